The summed E-state index contributed by atoms with van der Waals surface area (Å²) in [7, 11) is -0.967. The van der Waals surface area contributed by atoms with Gasteiger partial charge in [0.15, 0.2) is 0 Å². The summed E-state index contributed by atoms with van der Waals surface area (Å²) in [6.07, 6.45) is 8.27. The lowest BCUT2D eigenvalue weighted by atomic mass is 10.0. The molecule has 1 aliphatic carbocycles. The molecule has 14 heavy (non-hydrogen) atoms. The molecule has 82 valence electrons. The number of aliphatic hydroxyl groups excluding tert-OH is 1. The van der Waals surface area contributed by atoms with Gasteiger partial charge in [0.05, 0.1) is 14.2 Å². The highest BCUT2D eigenvalue weighted by atomic mass is 28.3. The van der Waals surface area contributed by atoms with E-state index in [1.165, 1.54) is 56.7 Å². The first-order valence-electron chi connectivity index (χ1n) is 6.38. The molecule has 0 amide bonds. The monoisotopic (exact) mass is 212 g/mol. The Balaban J connectivity index is 1.83. The van der Waals surface area contributed by atoms with Crippen molar-refractivity contribution in [2.45, 2.75) is 69.3 Å². The van der Waals surface area contributed by atoms with E-state index in [0.29, 0.717) is 5.92 Å². The molecule has 0 spiro atoms. The van der Waals surface area contributed by atoms with Crippen LogP contribution in [-0.2, 0) is 0 Å². The van der Waals surface area contributed by atoms with Crippen molar-refractivity contribution in [3.05, 3.63) is 0 Å². The van der Waals surface area contributed by atoms with Gasteiger partial charge in [-0.1, -0.05) is 44.3 Å². The zero-order valence-electron chi connectivity index (χ0n) is 9.47. The molecule has 2 heteroatoms. The lowest BCUT2D eigenvalue weighted by molar-refractivity contribution is 0.127. The molecule has 2 rings (SSSR count). The van der Waals surface area contributed by atoms with Gasteiger partial charge in [0.25, 0.3) is 0 Å². The standard InChI is InChI=1S/C12H24OSi/c1-14(8-4-5-9-14)10-12(13)11-6-2-3-7-11/h11-13H,2-10H2,1H3/t12-/m1/s1. The lowest BCUT2D eigenvalue weighted by Gasteiger charge is -2.27. The summed E-state index contributed by atoms with van der Waals surface area (Å²) in [4.78, 5) is 0. The molecular formula is C12H24OSi. The summed E-state index contributed by atoms with van der Waals surface area (Å²) in [6, 6.07) is 4.17. The molecule has 1 saturated carbocycles. The second-order valence-electron chi connectivity index (χ2n) is 5.83. The van der Waals surface area contributed by atoms with Gasteiger partial charge in [0.1, 0.15) is 0 Å². The van der Waals surface area contributed by atoms with Gasteiger partial charge in [-0.05, 0) is 24.8 Å². The van der Waals surface area contributed by atoms with Crippen LogP contribution in [0.2, 0.25) is 24.7 Å². The Morgan fingerprint density at radius 3 is 2.29 bits per heavy atom. The highest BCUT2D eigenvalue weighted by molar-refractivity contribution is 6.79. The van der Waals surface area contributed by atoms with Crippen LogP contribution in [-0.4, -0.2) is 19.3 Å². The molecule has 0 unspecified atom stereocenters. The normalized spacial score (nSPS) is 29.6. The minimum Gasteiger partial charge on any atom is -0.393 e. The third kappa shape index (κ3) is 2.40. The van der Waals surface area contributed by atoms with E-state index in [1.807, 2.05) is 0 Å². The molecule has 0 bridgehead atoms. The molecule has 0 radical (unpaired) electrons. The van der Waals surface area contributed by atoms with E-state index >= 15 is 0 Å². The van der Waals surface area contributed by atoms with E-state index in [-0.39, 0.29) is 6.10 Å². The SMILES string of the molecule is C[Si]1(C[C@@H](O)C2CCCC2)CCCC1. The van der Waals surface area contributed by atoms with E-state index in [0.717, 1.165) is 0 Å². The first kappa shape index (κ1) is 10.7. The van der Waals surface area contributed by atoms with E-state index in [1.54, 1.807) is 0 Å². The molecule has 1 atom stereocenters. The molecule has 2 fully saturated rings. The van der Waals surface area contributed by atoms with Gasteiger partial charge in [-0.2, -0.15) is 0 Å². The maximum atomic E-state index is 10.2. The molecule has 1 aliphatic heterocycles. The summed E-state index contributed by atoms with van der Waals surface area (Å²) in [5, 5.41) is 10.2. The quantitative estimate of drug-likeness (QED) is 0.711. The Hall–Kier alpha value is 0.177. The van der Waals surface area contributed by atoms with Crippen molar-refractivity contribution in [2.24, 2.45) is 5.92 Å². The highest BCUT2D eigenvalue weighted by Crippen LogP contribution is 2.38. The van der Waals surface area contributed by atoms with Gasteiger partial charge in [-0.25, -0.2) is 0 Å². The largest absolute Gasteiger partial charge is 0.393 e. The molecule has 1 saturated heterocycles. The van der Waals surface area contributed by atoms with Gasteiger partial charge in [0.2, 0.25) is 0 Å². The zero-order valence-corrected chi connectivity index (χ0v) is 10.5. The van der Waals surface area contributed by atoms with Crippen molar-refractivity contribution in [3.63, 3.8) is 0 Å². The number of hydrogen-bond donors (Lipinski definition) is 1. The summed E-state index contributed by atoms with van der Waals surface area (Å²) in [5.41, 5.74) is 0. The lowest BCUT2D eigenvalue weighted by Crippen LogP contribution is -2.33. The second-order valence-corrected chi connectivity index (χ2v) is 10.9. The summed E-state index contributed by atoms with van der Waals surface area (Å²) >= 11 is 0. The van der Waals surface area contributed by atoms with Crippen LogP contribution in [0.15, 0.2) is 0 Å². The highest BCUT2D eigenvalue weighted by Gasteiger charge is 2.35. The first-order chi connectivity index (χ1) is 6.70. The molecule has 1 heterocycles. The molecular weight excluding hydrogens is 188 g/mol. The topological polar surface area (TPSA) is 20.2 Å². The third-order valence-electron chi connectivity index (χ3n) is 4.46. The first-order valence-corrected chi connectivity index (χ1v) is 9.50. The van der Waals surface area contributed by atoms with E-state index < -0.39 is 8.07 Å². The maximum Gasteiger partial charge on any atom is 0.0545 e. The van der Waals surface area contributed by atoms with Gasteiger partial charge in [0, 0.05) is 0 Å². The third-order valence-corrected chi connectivity index (χ3v) is 8.98. The minimum atomic E-state index is -0.967. The van der Waals surface area contributed by atoms with Crippen LogP contribution >= 0.6 is 0 Å². The van der Waals surface area contributed by atoms with E-state index in [9.17, 15) is 5.11 Å². The van der Waals surface area contributed by atoms with Crippen LogP contribution in [0.3, 0.4) is 0 Å². The molecule has 1 nitrogen and oxygen atoms in total. The fourth-order valence-corrected chi connectivity index (χ4v) is 7.65. The fraction of sp³-hybridized carbons (Fsp3) is 1.00. The van der Waals surface area contributed by atoms with Crippen LogP contribution < -0.4 is 0 Å². The van der Waals surface area contributed by atoms with Crippen LogP contribution in [0, 0.1) is 5.92 Å². The van der Waals surface area contributed by atoms with E-state index in [2.05, 4.69) is 6.55 Å². The molecule has 0 aromatic rings. The molecule has 2 aliphatic rings. The van der Waals surface area contributed by atoms with Crippen molar-refractivity contribution in [1.29, 1.82) is 0 Å². The smallest absolute Gasteiger partial charge is 0.0545 e. The fourth-order valence-electron chi connectivity index (χ4n) is 3.45. The van der Waals surface area contributed by atoms with Crippen molar-refractivity contribution in [3.8, 4) is 0 Å². The summed E-state index contributed by atoms with van der Waals surface area (Å²) in [6.45, 7) is 2.51. The van der Waals surface area contributed by atoms with Crippen molar-refractivity contribution < 1.29 is 5.11 Å². The second kappa shape index (κ2) is 4.36. The van der Waals surface area contributed by atoms with Gasteiger partial charge < -0.3 is 5.11 Å². The average Bonchev–Trinajstić information content (AvgIpc) is 2.74. The van der Waals surface area contributed by atoms with Crippen molar-refractivity contribution in [1.82, 2.24) is 0 Å². The molecule has 0 aromatic carbocycles. The number of hydrogen-bond acceptors (Lipinski definition) is 1. The Morgan fingerprint density at radius 1 is 1.14 bits per heavy atom. The molecule has 1 N–H and O–H groups in total. The number of aliphatic hydroxyl groups is 1. The van der Waals surface area contributed by atoms with Gasteiger partial charge >= 0.3 is 0 Å². The Kier molecular flexibility index (Phi) is 3.33. The van der Waals surface area contributed by atoms with Crippen LogP contribution in [0.25, 0.3) is 0 Å². The summed E-state index contributed by atoms with van der Waals surface area (Å²) < 4.78 is 0. The number of rotatable bonds is 3. The molecule has 0 aromatic heterocycles. The van der Waals surface area contributed by atoms with Crippen molar-refractivity contribution in [2.75, 3.05) is 0 Å². The van der Waals surface area contributed by atoms with Crippen LogP contribution in [0.1, 0.15) is 38.5 Å². The van der Waals surface area contributed by atoms with Gasteiger partial charge in [-0.3, -0.25) is 0 Å². The van der Waals surface area contributed by atoms with Crippen LogP contribution in [0.5, 0.6) is 0 Å². The predicted octanol–water partition coefficient (Wildman–Crippen LogP) is 3.41. The maximum absolute atomic E-state index is 10.2. The average molecular weight is 212 g/mol. The Morgan fingerprint density at radius 2 is 1.71 bits per heavy atom. The summed E-state index contributed by atoms with van der Waals surface area (Å²) in [5.74, 6) is 0.667. The van der Waals surface area contributed by atoms with Crippen molar-refractivity contribution >= 4 is 8.07 Å². The predicted molar refractivity (Wildman–Crippen MR) is 63.2 cm³/mol. The Labute approximate surface area is 88.9 Å². The van der Waals surface area contributed by atoms with E-state index in [4.69, 9.17) is 0 Å². The Bertz CT molecular complexity index is 181. The van der Waals surface area contributed by atoms with Crippen LogP contribution in [0.4, 0.5) is 0 Å². The van der Waals surface area contributed by atoms with Gasteiger partial charge in [-0.15, -0.1) is 0 Å². The minimum absolute atomic E-state index is 0.0623. The zero-order chi connectivity index (χ0) is 10.0.